The molecule has 0 radical (unpaired) electrons. The van der Waals surface area contributed by atoms with Crippen LogP contribution in [0.1, 0.15) is 29.6 Å². The van der Waals surface area contributed by atoms with E-state index < -0.39 is 16.6 Å². The molecule has 1 aromatic rings. The molecule has 20 heavy (non-hydrogen) atoms. The number of nitrogens with one attached hydrogen (secondary N) is 1. The summed E-state index contributed by atoms with van der Waals surface area (Å²) in [5.74, 6) is -0.800. The van der Waals surface area contributed by atoms with Crippen molar-refractivity contribution in [2.24, 2.45) is 5.92 Å². The van der Waals surface area contributed by atoms with Crippen molar-refractivity contribution in [3.63, 3.8) is 0 Å². The normalized spacial score (nSPS) is 21.7. The minimum Gasteiger partial charge on any atom is -0.349 e. The lowest BCUT2D eigenvalue weighted by molar-refractivity contribution is -0.385. The fourth-order valence-corrected chi connectivity index (χ4v) is 2.83. The second kappa shape index (κ2) is 6.17. The van der Waals surface area contributed by atoms with E-state index in [-0.39, 0.29) is 23.2 Å². The monoisotopic (exact) mass is 300 g/mol. The van der Waals surface area contributed by atoms with Gasteiger partial charge in [-0.3, -0.25) is 14.9 Å². The average molecular weight is 301 g/mol. The maximum absolute atomic E-state index is 13.7. The second-order valence-electron chi connectivity index (χ2n) is 4.85. The Morgan fingerprint density at radius 1 is 1.50 bits per heavy atom. The van der Waals surface area contributed by atoms with E-state index in [9.17, 15) is 19.3 Å². The van der Waals surface area contributed by atoms with Crippen LogP contribution in [-0.4, -0.2) is 22.8 Å². The van der Waals surface area contributed by atoms with Crippen LogP contribution in [0.4, 0.5) is 10.1 Å². The van der Waals surface area contributed by atoms with E-state index >= 15 is 0 Å². The second-order valence-corrected chi connectivity index (χ2v) is 5.16. The first-order valence-electron chi connectivity index (χ1n) is 6.33. The SMILES string of the molecule is O=C(NC1CCCC1CCl)c1ccc([N+](=O)[O-])cc1F. The molecule has 2 rings (SSSR count). The Balaban J connectivity index is 2.11. The number of carbonyl (C=O) groups is 1. The van der Waals surface area contributed by atoms with Gasteiger partial charge in [-0.25, -0.2) is 4.39 Å². The lowest BCUT2D eigenvalue weighted by atomic mass is 10.1. The number of rotatable bonds is 4. The fourth-order valence-electron chi connectivity index (χ4n) is 2.46. The van der Waals surface area contributed by atoms with Crippen LogP contribution >= 0.6 is 11.6 Å². The summed E-state index contributed by atoms with van der Waals surface area (Å²) < 4.78 is 13.7. The number of hydrogen-bond acceptors (Lipinski definition) is 3. The van der Waals surface area contributed by atoms with Crippen molar-refractivity contribution in [1.82, 2.24) is 5.32 Å². The summed E-state index contributed by atoms with van der Waals surface area (Å²) in [6, 6.07) is 2.94. The highest BCUT2D eigenvalue weighted by atomic mass is 35.5. The Morgan fingerprint density at radius 3 is 2.85 bits per heavy atom. The molecule has 0 aliphatic heterocycles. The predicted molar refractivity (Wildman–Crippen MR) is 72.4 cm³/mol. The zero-order chi connectivity index (χ0) is 14.7. The maximum atomic E-state index is 13.7. The molecule has 2 atom stereocenters. The molecule has 0 saturated heterocycles. The van der Waals surface area contributed by atoms with Crippen molar-refractivity contribution in [1.29, 1.82) is 0 Å². The summed E-state index contributed by atoms with van der Waals surface area (Å²) in [4.78, 5) is 21.8. The summed E-state index contributed by atoms with van der Waals surface area (Å²) in [5.41, 5.74) is -0.561. The number of non-ortho nitro benzene ring substituents is 1. The largest absolute Gasteiger partial charge is 0.349 e. The summed E-state index contributed by atoms with van der Waals surface area (Å²) in [5, 5.41) is 13.3. The van der Waals surface area contributed by atoms with Crippen molar-refractivity contribution in [3.05, 3.63) is 39.7 Å². The maximum Gasteiger partial charge on any atom is 0.272 e. The lowest BCUT2D eigenvalue weighted by Crippen LogP contribution is -2.38. The minimum atomic E-state index is -0.892. The Morgan fingerprint density at radius 2 is 2.25 bits per heavy atom. The number of nitro benzene ring substituents is 1. The van der Waals surface area contributed by atoms with Gasteiger partial charge in [0, 0.05) is 18.0 Å². The van der Waals surface area contributed by atoms with Gasteiger partial charge in [0.15, 0.2) is 0 Å². The number of amides is 1. The van der Waals surface area contributed by atoms with Crippen LogP contribution in [0.25, 0.3) is 0 Å². The van der Waals surface area contributed by atoms with Gasteiger partial charge < -0.3 is 5.32 Å². The molecule has 5 nitrogen and oxygen atoms in total. The van der Waals surface area contributed by atoms with Crippen molar-refractivity contribution < 1.29 is 14.1 Å². The van der Waals surface area contributed by atoms with Gasteiger partial charge in [0.05, 0.1) is 16.6 Å². The smallest absolute Gasteiger partial charge is 0.272 e. The highest BCUT2D eigenvalue weighted by Gasteiger charge is 2.28. The highest BCUT2D eigenvalue weighted by molar-refractivity contribution is 6.18. The molecule has 0 bridgehead atoms. The van der Waals surface area contributed by atoms with Gasteiger partial charge in [-0.15, -0.1) is 11.6 Å². The van der Waals surface area contributed by atoms with E-state index in [0.717, 1.165) is 37.5 Å². The molecule has 1 amide bonds. The van der Waals surface area contributed by atoms with Crippen LogP contribution in [0.5, 0.6) is 0 Å². The van der Waals surface area contributed by atoms with Gasteiger partial charge in [0.25, 0.3) is 11.6 Å². The van der Waals surface area contributed by atoms with Gasteiger partial charge in [0.1, 0.15) is 5.82 Å². The molecule has 1 saturated carbocycles. The Kier molecular flexibility index (Phi) is 4.54. The quantitative estimate of drug-likeness (QED) is 0.528. The Hall–Kier alpha value is -1.69. The molecule has 0 spiro atoms. The minimum absolute atomic E-state index is 0.0606. The summed E-state index contributed by atoms with van der Waals surface area (Å²) in [6.07, 6.45) is 2.74. The molecule has 0 heterocycles. The zero-order valence-corrected chi connectivity index (χ0v) is 11.4. The summed E-state index contributed by atoms with van der Waals surface area (Å²) in [7, 11) is 0. The highest BCUT2D eigenvalue weighted by Crippen LogP contribution is 2.27. The molecule has 1 aliphatic carbocycles. The molecule has 1 aliphatic rings. The Bertz CT molecular complexity index is 538. The first-order chi connectivity index (χ1) is 9.52. The van der Waals surface area contributed by atoms with E-state index in [0.29, 0.717) is 5.88 Å². The summed E-state index contributed by atoms with van der Waals surface area (Å²) >= 11 is 5.82. The molecule has 108 valence electrons. The van der Waals surface area contributed by atoms with Gasteiger partial charge >= 0.3 is 0 Å². The van der Waals surface area contributed by atoms with Crippen LogP contribution in [0, 0.1) is 21.8 Å². The number of benzene rings is 1. The van der Waals surface area contributed by atoms with Crippen LogP contribution in [0.15, 0.2) is 18.2 Å². The van der Waals surface area contributed by atoms with Crippen molar-refractivity contribution in [2.75, 3.05) is 5.88 Å². The third-order valence-corrected chi connectivity index (χ3v) is 3.98. The molecule has 1 N–H and O–H groups in total. The first-order valence-corrected chi connectivity index (χ1v) is 6.87. The molecule has 0 aromatic heterocycles. The van der Waals surface area contributed by atoms with E-state index in [1.807, 2.05) is 0 Å². The number of hydrogen-bond donors (Lipinski definition) is 1. The molecule has 1 aromatic carbocycles. The topological polar surface area (TPSA) is 72.2 Å². The van der Waals surface area contributed by atoms with Gasteiger partial charge in [-0.05, 0) is 24.8 Å². The zero-order valence-electron chi connectivity index (χ0n) is 10.6. The standard InChI is InChI=1S/C13H14ClFN2O3/c14-7-8-2-1-3-12(8)16-13(18)10-5-4-9(17(19)20)6-11(10)15/h4-6,8,12H,1-3,7H2,(H,16,18). The van der Waals surface area contributed by atoms with Crippen LogP contribution in [0.3, 0.4) is 0 Å². The number of halogens is 2. The molecule has 2 unspecified atom stereocenters. The molecule has 7 heteroatoms. The number of nitro groups is 1. The van der Waals surface area contributed by atoms with Crippen LogP contribution in [-0.2, 0) is 0 Å². The lowest BCUT2D eigenvalue weighted by Gasteiger charge is -2.18. The first kappa shape index (κ1) is 14.7. The number of nitrogens with zero attached hydrogens (tertiary/aromatic N) is 1. The predicted octanol–water partition coefficient (Wildman–Crippen LogP) is 2.87. The van der Waals surface area contributed by atoms with Crippen molar-refractivity contribution in [2.45, 2.75) is 25.3 Å². The fraction of sp³-hybridized carbons (Fsp3) is 0.462. The van der Waals surface area contributed by atoms with Gasteiger partial charge in [0.2, 0.25) is 0 Å². The molecular weight excluding hydrogens is 287 g/mol. The van der Waals surface area contributed by atoms with Gasteiger partial charge in [-0.2, -0.15) is 0 Å². The number of carbonyl (C=O) groups excluding carboxylic acids is 1. The summed E-state index contributed by atoms with van der Waals surface area (Å²) in [6.45, 7) is 0. The van der Waals surface area contributed by atoms with E-state index in [1.165, 1.54) is 0 Å². The van der Waals surface area contributed by atoms with Gasteiger partial charge in [-0.1, -0.05) is 6.42 Å². The van der Waals surface area contributed by atoms with E-state index in [2.05, 4.69) is 5.32 Å². The average Bonchev–Trinajstić information content (AvgIpc) is 2.85. The van der Waals surface area contributed by atoms with E-state index in [1.54, 1.807) is 0 Å². The van der Waals surface area contributed by atoms with Crippen molar-refractivity contribution >= 4 is 23.2 Å². The number of alkyl halides is 1. The molecular formula is C13H14ClFN2O3. The van der Waals surface area contributed by atoms with Crippen LogP contribution < -0.4 is 5.32 Å². The third-order valence-electron chi connectivity index (χ3n) is 3.58. The Labute approximate surface area is 120 Å². The van der Waals surface area contributed by atoms with Crippen LogP contribution in [0.2, 0.25) is 0 Å². The van der Waals surface area contributed by atoms with E-state index in [4.69, 9.17) is 11.6 Å². The van der Waals surface area contributed by atoms with Crippen molar-refractivity contribution in [3.8, 4) is 0 Å². The molecule has 1 fully saturated rings. The third kappa shape index (κ3) is 3.07.